The van der Waals surface area contributed by atoms with Crippen molar-refractivity contribution in [2.45, 2.75) is 118 Å². The number of rotatable bonds is 9. The number of carboxylic acid groups (broad SMARTS) is 1. The van der Waals surface area contributed by atoms with Crippen LogP contribution in [0.15, 0.2) is 48.6 Å². The van der Waals surface area contributed by atoms with Crippen molar-refractivity contribution in [2.75, 3.05) is 6.54 Å². The number of aliphatic hydroxyl groups excluding tert-OH is 1. The number of carbonyl (C=O) groups excluding carboxylic acids is 2. The predicted octanol–water partition coefficient (Wildman–Crippen LogP) is 8.88. The molecule has 9 heteroatoms. The Morgan fingerprint density at radius 3 is 2.31 bits per heavy atom. The maximum atomic E-state index is 14.6. The van der Waals surface area contributed by atoms with Crippen LogP contribution >= 0.6 is 0 Å². The van der Waals surface area contributed by atoms with E-state index < -0.39 is 28.6 Å². The number of nitrogens with one attached hydrogen (secondary N) is 2. The normalized spacial score (nSPS) is 36.0. The van der Waals surface area contributed by atoms with Gasteiger partial charge in [-0.15, -0.1) is 0 Å². The highest BCUT2D eigenvalue weighted by molar-refractivity contribution is 5.94. The average molecular weight is 759 g/mol. The Balaban J connectivity index is 1.03. The Morgan fingerprint density at radius 1 is 0.855 bits per heavy atom. The van der Waals surface area contributed by atoms with Crippen molar-refractivity contribution in [3.05, 3.63) is 82.4 Å². The first-order valence-electron chi connectivity index (χ1n) is 20.6. The van der Waals surface area contributed by atoms with Crippen LogP contribution in [0.2, 0.25) is 0 Å². The summed E-state index contributed by atoms with van der Waals surface area (Å²) >= 11 is 0. The van der Waals surface area contributed by atoms with Gasteiger partial charge in [-0.3, -0.25) is 9.59 Å². The Bertz CT molecular complexity index is 1880. The highest BCUT2D eigenvalue weighted by Gasteiger charge is 2.68. The minimum absolute atomic E-state index is 0.0115. The van der Waals surface area contributed by atoms with Gasteiger partial charge in [-0.2, -0.15) is 0 Å². The zero-order chi connectivity index (χ0) is 39.7. The minimum atomic E-state index is -1.55. The molecule has 0 aliphatic heterocycles. The molecule has 10 atom stereocenters. The Hall–Kier alpha value is -3.59. The van der Waals surface area contributed by atoms with E-state index in [0.29, 0.717) is 41.7 Å². The number of halogens is 2. The van der Waals surface area contributed by atoms with Crippen molar-refractivity contribution in [1.29, 1.82) is 0 Å². The maximum Gasteiger partial charge on any atom is 0.338 e. The molecule has 5 aliphatic rings. The molecule has 7 nitrogen and oxygen atoms in total. The van der Waals surface area contributed by atoms with Crippen LogP contribution < -0.4 is 10.6 Å². The molecule has 7 rings (SSSR count). The molecule has 0 spiro atoms. The molecule has 2 aromatic rings. The van der Waals surface area contributed by atoms with E-state index in [9.17, 15) is 28.3 Å². The number of aromatic carboxylic acids is 1. The molecule has 0 radical (unpaired) electrons. The monoisotopic (exact) mass is 758 g/mol. The molecule has 4 N–H and O–H groups in total. The van der Waals surface area contributed by atoms with Crippen molar-refractivity contribution < 1.29 is 33.4 Å². The van der Waals surface area contributed by atoms with Crippen molar-refractivity contribution >= 4 is 17.8 Å². The van der Waals surface area contributed by atoms with Crippen LogP contribution in [0.1, 0.15) is 131 Å². The zero-order valence-corrected chi connectivity index (χ0v) is 33.3. The molecular weight excluding hydrogens is 699 g/mol. The Labute approximate surface area is 325 Å². The zero-order valence-electron chi connectivity index (χ0n) is 33.3. The van der Waals surface area contributed by atoms with Crippen LogP contribution in [0.5, 0.6) is 0 Å². The van der Waals surface area contributed by atoms with Crippen molar-refractivity contribution in [3.8, 4) is 0 Å². The van der Waals surface area contributed by atoms with Crippen molar-refractivity contribution in [2.24, 2.45) is 57.2 Å². The van der Waals surface area contributed by atoms with Crippen LogP contribution in [0.25, 0.3) is 0 Å². The smallest absolute Gasteiger partial charge is 0.338 e. The fourth-order valence-corrected chi connectivity index (χ4v) is 13.7. The summed E-state index contributed by atoms with van der Waals surface area (Å²) in [7, 11) is 0. The first-order chi connectivity index (χ1) is 26.0. The number of benzene rings is 2. The maximum absolute atomic E-state index is 14.6. The van der Waals surface area contributed by atoms with Crippen LogP contribution in [-0.2, 0) is 17.8 Å². The number of fused-ring (bicyclic) bond motifs is 7. The molecule has 2 amide bonds. The molecule has 10 unspecified atom stereocenters. The van der Waals surface area contributed by atoms with Crippen LogP contribution in [0, 0.1) is 68.8 Å². The number of hydrogen-bond acceptors (Lipinski definition) is 4. The van der Waals surface area contributed by atoms with Gasteiger partial charge in [-0.05, 0) is 159 Å². The van der Waals surface area contributed by atoms with Crippen molar-refractivity contribution in [3.63, 3.8) is 0 Å². The number of allylic oxidation sites excluding steroid dienone is 1. The summed E-state index contributed by atoms with van der Waals surface area (Å²) in [4.78, 5) is 38.7. The van der Waals surface area contributed by atoms with E-state index in [1.807, 2.05) is 6.07 Å². The molecule has 55 heavy (non-hydrogen) atoms. The van der Waals surface area contributed by atoms with E-state index >= 15 is 0 Å². The van der Waals surface area contributed by atoms with Gasteiger partial charge in [0.05, 0.1) is 17.1 Å². The van der Waals surface area contributed by atoms with E-state index in [4.69, 9.17) is 5.11 Å². The first-order valence-corrected chi connectivity index (χ1v) is 20.6. The second-order valence-electron chi connectivity index (χ2n) is 19.2. The fraction of sp³-hybridized carbons (Fsp3) is 0.630. The van der Waals surface area contributed by atoms with E-state index in [1.54, 1.807) is 18.2 Å². The van der Waals surface area contributed by atoms with E-state index in [1.165, 1.54) is 24.5 Å². The van der Waals surface area contributed by atoms with E-state index in [2.05, 4.69) is 51.8 Å². The van der Waals surface area contributed by atoms with Gasteiger partial charge in [0.1, 0.15) is 0 Å². The fourth-order valence-electron chi connectivity index (χ4n) is 13.7. The molecule has 0 bridgehead atoms. The summed E-state index contributed by atoms with van der Waals surface area (Å²) in [5, 5.41) is 26.1. The first kappa shape index (κ1) is 39.6. The van der Waals surface area contributed by atoms with Gasteiger partial charge in [0.25, 0.3) is 5.91 Å². The molecule has 0 aromatic heterocycles. The summed E-state index contributed by atoms with van der Waals surface area (Å²) in [6.07, 6.45) is 10.2. The lowest BCUT2D eigenvalue weighted by Crippen LogP contribution is -2.64. The molecule has 5 fully saturated rings. The second kappa shape index (κ2) is 14.4. The van der Waals surface area contributed by atoms with Gasteiger partial charge in [-0.1, -0.05) is 58.0 Å². The number of carbonyl (C=O) groups is 3. The molecule has 298 valence electrons. The molecule has 2 aromatic carbocycles. The highest BCUT2D eigenvalue weighted by Crippen LogP contribution is 2.73. The van der Waals surface area contributed by atoms with E-state index in [0.717, 1.165) is 63.0 Å². The topological polar surface area (TPSA) is 116 Å². The van der Waals surface area contributed by atoms with Gasteiger partial charge < -0.3 is 20.8 Å². The van der Waals surface area contributed by atoms with Gasteiger partial charge in [0.15, 0.2) is 11.6 Å². The lowest BCUT2D eigenvalue weighted by molar-refractivity contribution is -0.216. The summed E-state index contributed by atoms with van der Waals surface area (Å²) in [6, 6.07) is 9.33. The number of carboxylic acids is 1. The predicted molar refractivity (Wildman–Crippen MR) is 208 cm³/mol. The average Bonchev–Trinajstić information content (AvgIpc) is 3.56. The van der Waals surface area contributed by atoms with Crippen molar-refractivity contribution in [1.82, 2.24) is 10.6 Å². The minimum Gasteiger partial charge on any atom is -0.478 e. The van der Waals surface area contributed by atoms with Gasteiger partial charge in [0, 0.05) is 18.7 Å². The van der Waals surface area contributed by atoms with Crippen LogP contribution in [-0.4, -0.2) is 40.6 Å². The third-order valence-electron chi connectivity index (χ3n) is 16.4. The van der Waals surface area contributed by atoms with Gasteiger partial charge in [-0.25, -0.2) is 13.6 Å². The Kier molecular flexibility index (Phi) is 10.4. The number of amides is 2. The summed E-state index contributed by atoms with van der Waals surface area (Å²) in [5.74, 6) is -1.70. The SMILES string of the molecule is C=C(C)C1CCC2(C(=O)NCc3cccc(C(=O)NCCc4ccc(C(=O)O)c(F)c4F)c3)CCC3C(CCC4C3(C)CCC3C(C)(C)C(O)CCC34C)C12. The molecule has 5 aliphatic carbocycles. The molecule has 0 heterocycles. The third kappa shape index (κ3) is 6.44. The standard InChI is InChI=1S/C46H60F2N2O5/c1-26(2)30-14-21-46(22-15-33-31(37(30)46)12-13-35-44(33,5)19-16-34-43(3,4)36(51)17-20-45(34,35)6)42(55)50-25-27-8-7-9-29(24-27)40(52)49-23-18-28-10-11-32(41(53)54)39(48)38(28)47/h7-11,24,30-31,33-37,51H,1,12-23,25H2,2-6H3,(H,49,52)(H,50,55)(H,53,54). The highest BCUT2D eigenvalue weighted by atomic mass is 19.2. The number of aliphatic hydroxyl groups is 1. The quantitative estimate of drug-likeness (QED) is 0.191. The van der Waals surface area contributed by atoms with E-state index in [-0.39, 0.29) is 58.6 Å². The van der Waals surface area contributed by atoms with Crippen LogP contribution in [0.4, 0.5) is 8.78 Å². The summed E-state index contributed by atoms with van der Waals surface area (Å²) < 4.78 is 28.6. The van der Waals surface area contributed by atoms with Crippen LogP contribution in [0.3, 0.4) is 0 Å². The lowest BCUT2D eigenvalue weighted by atomic mass is 9.36. The Morgan fingerprint density at radius 2 is 1.58 bits per heavy atom. The largest absolute Gasteiger partial charge is 0.478 e. The molecule has 0 saturated heterocycles. The molecule has 5 saturated carbocycles. The lowest BCUT2D eigenvalue weighted by Gasteiger charge is -2.69. The number of hydrogen-bond donors (Lipinski definition) is 4. The third-order valence-corrected chi connectivity index (χ3v) is 16.4. The molecular formula is C46H60F2N2O5. The van der Waals surface area contributed by atoms with Gasteiger partial charge >= 0.3 is 5.97 Å². The van der Waals surface area contributed by atoms with Gasteiger partial charge in [0.2, 0.25) is 5.91 Å². The summed E-state index contributed by atoms with van der Waals surface area (Å²) in [5.41, 5.74) is 1.53. The second-order valence-corrected chi connectivity index (χ2v) is 19.2. The summed E-state index contributed by atoms with van der Waals surface area (Å²) in [6.45, 7) is 16.7.